The van der Waals surface area contributed by atoms with Gasteiger partial charge in [-0.1, -0.05) is 23.2 Å². The largest absolute Gasteiger partial charge is 0.491 e. The van der Waals surface area contributed by atoms with Crippen LogP contribution in [0.1, 0.15) is 0 Å². The lowest BCUT2D eigenvalue weighted by Crippen LogP contribution is -2.26. The summed E-state index contributed by atoms with van der Waals surface area (Å²) < 4.78 is 27.1. The Morgan fingerprint density at radius 2 is 2.00 bits per heavy atom. The summed E-state index contributed by atoms with van der Waals surface area (Å²) in [6.07, 6.45) is 1.21. The van der Waals surface area contributed by atoms with Crippen LogP contribution in [0.5, 0.6) is 5.75 Å². The van der Waals surface area contributed by atoms with Crippen molar-refractivity contribution in [3.05, 3.63) is 28.2 Å². The molecule has 0 heterocycles. The van der Waals surface area contributed by atoms with Crippen molar-refractivity contribution in [2.75, 3.05) is 31.7 Å². The first-order chi connectivity index (χ1) is 8.38. The maximum Gasteiger partial charge on any atom is 0.148 e. The quantitative estimate of drug-likeness (QED) is 0.783. The molecule has 0 atom stereocenters. The van der Waals surface area contributed by atoms with E-state index in [-0.39, 0.29) is 5.75 Å². The number of benzene rings is 1. The third-order valence-electron chi connectivity index (χ3n) is 2.08. The second-order valence-electron chi connectivity index (χ2n) is 3.80. The van der Waals surface area contributed by atoms with Crippen LogP contribution in [0.4, 0.5) is 0 Å². The fourth-order valence-electron chi connectivity index (χ4n) is 1.21. The molecule has 0 saturated heterocycles. The van der Waals surface area contributed by atoms with Crippen molar-refractivity contribution in [3.63, 3.8) is 0 Å². The smallest absolute Gasteiger partial charge is 0.148 e. The average molecular weight is 312 g/mol. The Balaban J connectivity index is 2.22. The van der Waals surface area contributed by atoms with Crippen LogP contribution < -0.4 is 10.1 Å². The highest BCUT2D eigenvalue weighted by Gasteiger charge is 2.03. The number of rotatable bonds is 7. The highest BCUT2D eigenvalue weighted by atomic mass is 35.5. The molecule has 4 nitrogen and oxygen atoms in total. The molecule has 7 heteroatoms. The van der Waals surface area contributed by atoms with Crippen LogP contribution in [-0.4, -0.2) is 40.1 Å². The van der Waals surface area contributed by atoms with E-state index in [0.717, 1.165) is 0 Å². The Labute approximate surface area is 117 Å². The Hall–Kier alpha value is -0.490. The van der Waals surface area contributed by atoms with Gasteiger partial charge in [0.1, 0.15) is 22.2 Å². The Bertz CT molecular complexity index is 491. The molecule has 0 fully saturated rings. The fourth-order valence-corrected chi connectivity index (χ4v) is 2.19. The van der Waals surface area contributed by atoms with E-state index in [2.05, 4.69) is 5.32 Å². The van der Waals surface area contributed by atoms with Crippen LogP contribution in [0, 0.1) is 0 Å². The minimum atomic E-state index is -2.91. The summed E-state index contributed by atoms with van der Waals surface area (Å²) in [5.74, 6) is 0.681. The molecule has 0 amide bonds. The molecule has 102 valence electrons. The van der Waals surface area contributed by atoms with E-state index in [0.29, 0.717) is 35.5 Å². The molecule has 0 bridgehead atoms. The van der Waals surface area contributed by atoms with E-state index in [1.165, 1.54) is 6.26 Å². The molecule has 1 N–H and O–H groups in total. The second-order valence-corrected chi connectivity index (χ2v) is 6.91. The molecular weight excluding hydrogens is 297 g/mol. The van der Waals surface area contributed by atoms with E-state index < -0.39 is 9.84 Å². The van der Waals surface area contributed by atoms with Gasteiger partial charge in [0, 0.05) is 24.4 Å². The van der Waals surface area contributed by atoms with Gasteiger partial charge in [0.2, 0.25) is 0 Å². The number of hydrogen-bond donors (Lipinski definition) is 1. The van der Waals surface area contributed by atoms with E-state index >= 15 is 0 Å². The Morgan fingerprint density at radius 1 is 1.28 bits per heavy atom. The Morgan fingerprint density at radius 3 is 2.61 bits per heavy atom. The van der Waals surface area contributed by atoms with Crippen molar-refractivity contribution < 1.29 is 13.2 Å². The average Bonchev–Trinajstić information content (AvgIpc) is 2.24. The molecule has 0 aliphatic carbocycles. The number of sulfone groups is 1. The standard InChI is InChI=1S/C11H15Cl2NO3S/c1-18(15,16)7-5-14-4-6-17-11-3-2-9(12)8-10(11)13/h2-3,8,14H,4-7H2,1H3. The van der Waals surface area contributed by atoms with Crippen LogP contribution in [0.3, 0.4) is 0 Å². The molecular formula is C11H15Cl2NO3S. The van der Waals surface area contributed by atoms with Gasteiger partial charge in [-0.15, -0.1) is 0 Å². The Kier molecular flexibility index (Phi) is 6.21. The van der Waals surface area contributed by atoms with Gasteiger partial charge >= 0.3 is 0 Å². The van der Waals surface area contributed by atoms with E-state index in [1.54, 1.807) is 18.2 Å². The molecule has 0 aromatic heterocycles. The number of nitrogens with one attached hydrogen (secondary N) is 1. The lowest BCUT2D eigenvalue weighted by atomic mass is 10.3. The summed E-state index contributed by atoms with van der Waals surface area (Å²) in [6, 6.07) is 5.00. The van der Waals surface area contributed by atoms with Crippen molar-refractivity contribution in [3.8, 4) is 5.75 Å². The zero-order valence-electron chi connectivity index (χ0n) is 9.95. The monoisotopic (exact) mass is 311 g/mol. The van der Waals surface area contributed by atoms with Gasteiger partial charge in [0.05, 0.1) is 10.8 Å². The first kappa shape index (κ1) is 15.6. The summed E-state index contributed by atoms with van der Waals surface area (Å²) in [6.45, 7) is 1.37. The highest BCUT2D eigenvalue weighted by molar-refractivity contribution is 7.90. The molecule has 0 radical (unpaired) electrons. The van der Waals surface area contributed by atoms with E-state index in [4.69, 9.17) is 27.9 Å². The molecule has 0 unspecified atom stereocenters. The fraction of sp³-hybridized carbons (Fsp3) is 0.455. The van der Waals surface area contributed by atoms with Gasteiger partial charge in [-0.3, -0.25) is 0 Å². The number of halogens is 2. The topological polar surface area (TPSA) is 55.4 Å². The van der Waals surface area contributed by atoms with Crippen molar-refractivity contribution in [2.45, 2.75) is 0 Å². The first-order valence-electron chi connectivity index (χ1n) is 5.35. The normalized spacial score (nSPS) is 11.5. The van der Waals surface area contributed by atoms with Crippen molar-refractivity contribution in [1.29, 1.82) is 0 Å². The summed E-state index contributed by atoms with van der Waals surface area (Å²) in [7, 11) is -2.91. The van der Waals surface area contributed by atoms with Gasteiger partial charge in [-0.05, 0) is 18.2 Å². The minimum Gasteiger partial charge on any atom is -0.491 e. The third kappa shape index (κ3) is 6.44. The van der Waals surface area contributed by atoms with Crippen molar-refractivity contribution >= 4 is 33.0 Å². The van der Waals surface area contributed by atoms with E-state index in [9.17, 15) is 8.42 Å². The molecule has 0 aliphatic rings. The maximum atomic E-state index is 10.9. The number of ether oxygens (including phenoxy) is 1. The zero-order valence-corrected chi connectivity index (χ0v) is 12.3. The van der Waals surface area contributed by atoms with Gasteiger partial charge in [-0.25, -0.2) is 8.42 Å². The van der Waals surface area contributed by atoms with Crippen LogP contribution in [0.25, 0.3) is 0 Å². The third-order valence-corrected chi connectivity index (χ3v) is 3.56. The van der Waals surface area contributed by atoms with Crippen LogP contribution in [-0.2, 0) is 9.84 Å². The van der Waals surface area contributed by atoms with Crippen molar-refractivity contribution in [2.24, 2.45) is 0 Å². The predicted molar refractivity (Wildman–Crippen MR) is 74.5 cm³/mol. The van der Waals surface area contributed by atoms with Crippen LogP contribution in [0.15, 0.2) is 18.2 Å². The molecule has 1 rings (SSSR count). The van der Waals surface area contributed by atoms with E-state index in [1.807, 2.05) is 0 Å². The highest BCUT2D eigenvalue weighted by Crippen LogP contribution is 2.27. The van der Waals surface area contributed by atoms with Gasteiger partial charge in [0.15, 0.2) is 0 Å². The molecule has 18 heavy (non-hydrogen) atoms. The summed E-state index contributed by atoms with van der Waals surface area (Å²) in [4.78, 5) is 0. The van der Waals surface area contributed by atoms with Gasteiger partial charge < -0.3 is 10.1 Å². The SMILES string of the molecule is CS(=O)(=O)CCNCCOc1ccc(Cl)cc1Cl. The van der Waals surface area contributed by atoms with Crippen LogP contribution >= 0.6 is 23.2 Å². The zero-order chi connectivity index (χ0) is 13.6. The second kappa shape index (κ2) is 7.19. The predicted octanol–water partition coefficient (Wildman–Crippen LogP) is 2.01. The van der Waals surface area contributed by atoms with Gasteiger partial charge in [0.25, 0.3) is 0 Å². The molecule has 1 aromatic carbocycles. The van der Waals surface area contributed by atoms with Crippen LogP contribution in [0.2, 0.25) is 10.0 Å². The molecule has 0 spiro atoms. The summed E-state index contributed by atoms with van der Waals surface area (Å²) >= 11 is 11.7. The molecule has 0 aliphatic heterocycles. The summed E-state index contributed by atoms with van der Waals surface area (Å²) in [5.41, 5.74) is 0. The van der Waals surface area contributed by atoms with Gasteiger partial charge in [-0.2, -0.15) is 0 Å². The maximum absolute atomic E-state index is 10.9. The van der Waals surface area contributed by atoms with Crippen molar-refractivity contribution in [1.82, 2.24) is 5.32 Å². The minimum absolute atomic E-state index is 0.120. The lowest BCUT2D eigenvalue weighted by Gasteiger charge is -2.08. The number of hydrogen-bond acceptors (Lipinski definition) is 4. The summed E-state index contributed by atoms with van der Waals surface area (Å²) in [5, 5.41) is 3.98. The molecule has 0 saturated carbocycles. The lowest BCUT2D eigenvalue weighted by molar-refractivity contribution is 0.315. The molecule has 1 aromatic rings. The first-order valence-corrected chi connectivity index (χ1v) is 8.16.